The van der Waals surface area contributed by atoms with Crippen molar-refractivity contribution >= 4 is 34.2 Å². The first-order valence-electron chi connectivity index (χ1n) is 4.39. The largest absolute Gasteiger partial charge is 0.489 e. The average molecular weight is 303 g/mol. The average Bonchev–Trinajstić information content (AvgIpc) is 2.17. The molecule has 1 heterocycles. The predicted molar refractivity (Wildman–Crippen MR) is 62.7 cm³/mol. The van der Waals surface area contributed by atoms with Crippen molar-refractivity contribution in [2.24, 2.45) is 0 Å². The zero-order chi connectivity index (χ0) is 10.1. The number of anilines is 1. The molecule has 1 aromatic rings. The predicted octanol–water partition coefficient (Wildman–Crippen LogP) is 2.04. The Morgan fingerprint density at radius 3 is 3.07 bits per heavy atom. The molecule has 0 aromatic heterocycles. The van der Waals surface area contributed by atoms with Crippen LogP contribution in [0.2, 0.25) is 0 Å². The highest BCUT2D eigenvalue weighted by atomic mass is 127. The van der Waals surface area contributed by atoms with E-state index < -0.39 is 0 Å². The van der Waals surface area contributed by atoms with Gasteiger partial charge in [-0.3, -0.25) is 4.79 Å². The van der Waals surface area contributed by atoms with E-state index in [1.54, 1.807) is 11.8 Å². The van der Waals surface area contributed by atoms with Crippen LogP contribution < -0.4 is 9.64 Å². The van der Waals surface area contributed by atoms with Crippen molar-refractivity contribution in [3.05, 3.63) is 21.8 Å². The fraction of sp³-hybridized carbons (Fsp3) is 0.300. The number of para-hydroxylation sites is 1. The molecule has 74 valence electrons. The smallest absolute Gasteiger partial charge is 0.224 e. The second-order valence-corrected chi connectivity index (χ2v) is 4.27. The molecular weight excluding hydrogens is 293 g/mol. The number of ether oxygens (including phenoxy) is 1. The fourth-order valence-corrected chi connectivity index (χ4v) is 2.31. The molecule has 0 saturated carbocycles. The lowest BCUT2D eigenvalue weighted by Crippen LogP contribution is -2.36. The number of nitrogens with zero attached hydrogens (tertiary/aromatic N) is 1. The fourth-order valence-electron chi connectivity index (χ4n) is 1.55. The molecule has 0 aliphatic carbocycles. The molecule has 0 radical (unpaired) electrons. The Labute approximate surface area is 96.2 Å². The molecular formula is C10H10INO2. The van der Waals surface area contributed by atoms with Gasteiger partial charge >= 0.3 is 0 Å². The third kappa shape index (κ3) is 1.58. The van der Waals surface area contributed by atoms with Crippen LogP contribution in [0, 0.1) is 3.57 Å². The summed E-state index contributed by atoms with van der Waals surface area (Å²) in [5.41, 5.74) is 0.909. The second kappa shape index (κ2) is 3.76. The molecule has 0 N–H and O–H groups in total. The van der Waals surface area contributed by atoms with Crippen LogP contribution in [0.1, 0.15) is 6.92 Å². The topological polar surface area (TPSA) is 29.5 Å². The lowest BCUT2D eigenvalue weighted by molar-refractivity contribution is -0.116. The van der Waals surface area contributed by atoms with Crippen LogP contribution in [0.4, 0.5) is 5.69 Å². The summed E-state index contributed by atoms with van der Waals surface area (Å²) in [5, 5.41) is 0. The highest BCUT2D eigenvalue weighted by Crippen LogP contribution is 2.35. The molecule has 0 unspecified atom stereocenters. The Morgan fingerprint density at radius 2 is 2.36 bits per heavy atom. The molecule has 14 heavy (non-hydrogen) atoms. The SMILES string of the molecule is CC(=O)N1CCOc2cccc(I)c21. The lowest BCUT2D eigenvalue weighted by atomic mass is 10.2. The number of hydrogen-bond acceptors (Lipinski definition) is 2. The quantitative estimate of drug-likeness (QED) is 0.686. The summed E-state index contributed by atoms with van der Waals surface area (Å²) in [6.07, 6.45) is 0. The number of carbonyl (C=O) groups is 1. The van der Waals surface area contributed by atoms with Crippen LogP contribution in [0.3, 0.4) is 0 Å². The highest BCUT2D eigenvalue weighted by Gasteiger charge is 2.22. The number of rotatable bonds is 0. The molecule has 4 heteroatoms. The second-order valence-electron chi connectivity index (χ2n) is 3.11. The van der Waals surface area contributed by atoms with E-state index in [2.05, 4.69) is 22.6 Å². The van der Waals surface area contributed by atoms with Gasteiger partial charge in [-0.25, -0.2) is 0 Å². The molecule has 1 aliphatic rings. The maximum Gasteiger partial charge on any atom is 0.224 e. The Hall–Kier alpha value is -0.780. The molecule has 2 rings (SSSR count). The van der Waals surface area contributed by atoms with Crippen molar-refractivity contribution < 1.29 is 9.53 Å². The maximum atomic E-state index is 11.4. The molecule has 0 fully saturated rings. The third-order valence-corrected chi connectivity index (χ3v) is 3.04. The van der Waals surface area contributed by atoms with Gasteiger partial charge in [0.05, 0.1) is 12.2 Å². The van der Waals surface area contributed by atoms with Gasteiger partial charge in [-0.1, -0.05) is 6.07 Å². The van der Waals surface area contributed by atoms with E-state index in [4.69, 9.17) is 4.74 Å². The zero-order valence-electron chi connectivity index (χ0n) is 7.79. The minimum atomic E-state index is 0.0682. The molecule has 1 aromatic carbocycles. The summed E-state index contributed by atoms with van der Waals surface area (Å²) in [6.45, 7) is 2.80. The normalized spacial score (nSPS) is 14.6. The van der Waals surface area contributed by atoms with Crippen LogP contribution >= 0.6 is 22.6 Å². The van der Waals surface area contributed by atoms with Gasteiger partial charge < -0.3 is 9.64 Å². The van der Waals surface area contributed by atoms with Crippen molar-refractivity contribution in [1.82, 2.24) is 0 Å². The molecule has 0 atom stereocenters. The van der Waals surface area contributed by atoms with Crippen molar-refractivity contribution in [2.75, 3.05) is 18.1 Å². The monoisotopic (exact) mass is 303 g/mol. The van der Waals surface area contributed by atoms with Gasteiger partial charge in [0.2, 0.25) is 5.91 Å². The highest BCUT2D eigenvalue weighted by molar-refractivity contribution is 14.1. The first-order chi connectivity index (χ1) is 6.70. The molecule has 1 aliphatic heterocycles. The Morgan fingerprint density at radius 1 is 1.57 bits per heavy atom. The van der Waals surface area contributed by atoms with E-state index in [0.717, 1.165) is 15.0 Å². The first-order valence-corrected chi connectivity index (χ1v) is 5.47. The Kier molecular flexibility index (Phi) is 2.62. The van der Waals surface area contributed by atoms with Crippen LogP contribution in [0.5, 0.6) is 5.75 Å². The van der Waals surface area contributed by atoms with Crippen molar-refractivity contribution in [1.29, 1.82) is 0 Å². The van der Waals surface area contributed by atoms with Gasteiger partial charge in [0.1, 0.15) is 12.4 Å². The molecule has 3 nitrogen and oxygen atoms in total. The number of benzene rings is 1. The molecule has 0 bridgehead atoms. The summed E-state index contributed by atoms with van der Waals surface area (Å²) in [7, 11) is 0. The van der Waals surface area contributed by atoms with E-state index in [1.165, 1.54) is 0 Å². The van der Waals surface area contributed by atoms with Gasteiger partial charge in [0.25, 0.3) is 0 Å². The molecule has 0 saturated heterocycles. The third-order valence-electron chi connectivity index (χ3n) is 2.17. The van der Waals surface area contributed by atoms with Gasteiger partial charge in [-0.05, 0) is 34.7 Å². The van der Waals surface area contributed by atoms with Crippen LogP contribution in [0.15, 0.2) is 18.2 Å². The summed E-state index contributed by atoms with van der Waals surface area (Å²) in [6, 6.07) is 5.81. The number of halogens is 1. The van der Waals surface area contributed by atoms with E-state index in [9.17, 15) is 4.79 Å². The number of hydrogen-bond donors (Lipinski definition) is 0. The van der Waals surface area contributed by atoms with Crippen molar-refractivity contribution in [3.8, 4) is 5.75 Å². The standard InChI is InChI=1S/C10H10INO2/c1-7(13)12-5-6-14-9-4-2-3-8(11)10(9)12/h2-4H,5-6H2,1H3. The maximum absolute atomic E-state index is 11.4. The summed E-state index contributed by atoms with van der Waals surface area (Å²) in [5.74, 6) is 0.872. The number of amides is 1. The van der Waals surface area contributed by atoms with Gasteiger partial charge in [0, 0.05) is 10.5 Å². The van der Waals surface area contributed by atoms with Crippen molar-refractivity contribution in [3.63, 3.8) is 0 Å². The van der Waals surface area contributed by atoms with Gasteiger partial charge in [-0.15, -0.1) is 0 Å². The molecule has 0 spiro atoms. The molecule has 1 amide bonds. The number of carbonyl (C=O) groups excluding carboxylic acids is 1. The zero-order valence-corrected chi connectivity index (χ0v) is 9.95. The Bertz CT molecular complexity index is 378. The minimum Gasteiger partial charge on any atom is -0.489 e. The lowest BCUT2D eigenvalue weighted by Gasteiger charge is -2.29. The van der Waals surface area contributed by atoms with E-state index in [1.807, 2.05) is 18.2 Å². The number of fused-ring (bicyclic) bond motifs is 1. The van der Waals surface area contributed by atoms with E-state index >= 15 is 0 Å². The Balaban J connectivity index is 2.52. The van der Waals surface area contributed by atoms with Crippen molar-refractivity contribution in [2.45, 2.75) is 6.92 Å². The van der Waals surface area contributed by atoms with E-state index in [0.29, 0.717) is 13.2 Å². The summed E-state index contributed by atoms with van der Waals surface area (Å²) in [4.78, 5) is 13.1. The van der Waals surface area contributed by atoms with E-state index in [-0.39, 0.29) is 5.91 Å². The van der Waals surface area contributed by atoms with Crippen LogP contribution in [-0.2, 0) is 4.79 Å². The summed E-state index contributed by atoms with van der Waals surface area (Å²) < 4.78 is 6.54. The van der Waals surface area contributed by atoms with Gasteiger partial charge in [-0.2, -0.15) is 0 Å². The van der Waals surface area contributed by atoms with Gasteiger partial charge in [0.15, 0.2) is 0 Å². The summed E-state index contributed by atoms with van der Waals surface area (Å²) >= 11 is 2.22. The van der Waals surface area contributed by atoms with Crippen LogP contribution in [0.25, 0.3) is 0 Å². The minimum absolute atomic E-state index is 0.0682. The first kappa shape index (κ1) is 9.76. The van der Waals surface area contributed by atoms with Crippen LogP contribution in [-0.4, -0.2) is 19.1 Å².